The van der Waals surface area contributed by atoms with Gasteiger partial charge in [-0.3, -0.25) is 4.79 Å². The highest BCUT2D eigenvalue weighted by Crippen LogP contribution is 2.29. The maximum atomic E-state index is 12.0. The first-order valence-electron chi connectivity index (χ1n) is 7.58. The summed E-state index contributed by atoms with van der Waals surface area (Å²) >= 11 is 1.35. The molecule has 1 aliphatic rings. The highest BCUT2D eigenvalue weighted by molar-refractivity contribution is 7.98. The summed E-state index contributed by atoms with van der Waals surface area (Å²) in [7, 11) is 0. The van der Waals surface area contributed by atoms with Crippen molar-refractivity contribution in [1.82, 2.24) is 9.97 Å². The van der Waals surface area contributed by atoms with E-state index in [0.29, 0.717) is 10.9 Å². The number of nitrogens with zero attached hydrogens (tertiary/aromatic N) is 3. The van der Waals surface area contributed by atoms with Crippen LogP contribution in [0, 0.1) is 18.3 Å². The average Bonchev–Trinajstić information content (AvgIpc) is 3.08. The van der Waals surface area contributed by atoms with Crippen LogP contribution in [-0.2, 0) is 0 Å². The molecule has 6 heteroatoms. The Morgan fingerprint density at radius 3 is 2.70 bits per heavy atom. The molecule has 23 heavy (non-hydrogen) atoms. The minimum absolute atomic E-state index is 0.0659. The SMILES string of the molecule is CSc1nc(-c2ccc(N3CCCC3)c(C)c2)c(C#N)c(=O)[nH]1. The molecule has 0 amide bonds. The van der Waals surface area contributed by atoms with Crippen molar-refractivity contribution in [3.8, 4) is 17.3 Å². The van der Waals surface area contributed by atoms with Gasteiger partial charge in [-0.1, -0.05) is 17.8 Å². The lowest BCUT2D eigenvalue weighted by Crippen LogP contribution is -2.18. The first-order valence-corrected chi connectivity index (χ1v) is 8.81. The van der Waals surface area contributed by atoms with Crippen LogP contribution in [0.4, 0.5) is 5.69 Å². The third-order valence-electron chi connectivity index (χ3n) is 4.12. The fourth-order valence-corrected chi connectivity index (χ4v) is 3.35. The van der Waals surface area contributed by atoms with Crippen LogP contribution in [0.1, 0.15) is 24.0 Å². The minimum atomic E-state index is -0.386. The van der Waals surface area contributed by atoms with E-state index < -0.39 is 0 Å². The van der Waals surface area contributed by atoms with Gasteiger partial charge in [-0.25, -0.2) is 4.98 Å². The lowest BCUT2D eigenvalue weighted by molar-refractivity contribution is 0.936. The van der Waals surface area contributed by atoms with E-state index in [1.165, 1.54) is 30.3 Å². The van der Waals surface area contributed by atoms with Gasteiger partial charge in [-0.05, 0) is 43.7 Å². The summed E-state index contributed by atoms with van der Waals surface area (Å²) in [5, 5.41) is 9.81. The van der Waals surface area contributed by atoms with E-state index in [0.717, 1.165) is 24.2 Å². The van der Waals surface area contributed by atoms with Crippen molar-refractivity contribution in [1.29, 1.82) is 5.26 Å². The highest BCUT2D eigenvalue weighted by atomic mass is 32.2. The van der Waals surface area contributed by atoms with Crippen LogP contribution >= 0.6 is 11.8 Å². The van der Waals surface area contributed by atoms with Crippen molar-refractivity contribution in [2.75, 3.05) is 24.2 Å². The van der Waals surface area contributed by atoms with Crippen LogP contribution in [-0.4, -0.2) is 29.3 Å². The monoisotopic (exact) mass is 326 g/mol. The van der Waals surface area contributed by atoms with E-state index in [1.807, 2.05) is 24.5 Å². The van der Waals surface area contributed by atoms with Crippen LogP contribution in [0.5, 0.6) is 0 Å². The van der Waals surface area contributed by atoms with Crippen molar-refractivity contribution < 1.29 is 0 Å². The van der Waals surface area contributed by atoms with E-state index in [9.17, 15) is 10.1 Å². The molecule has 1 aromatic carbocycles. The molecule has 2 heterocycles. The zero-order valence-corrected chi connectivity index (χ0v) is 14.0. The van der Waals surface area contributed by atoms with E-state index in [2.05, 4.69) is 27.9 Å². The maximum Gasteiger partial charge on any atom is 0.270 e. The Balaban J connectivity index is 2.09. The standard InChI is InChI=1S/C17H18N4OS/c1-11-9-12(5-6-14(11)21-7-3-4-8-21)15-13(10-18)16(22)20-17(19-15)23-2/h5-6,9H,3-4,7-8H2,1-2H3,(H,19,20,22). The lowest BCUT2D eigenvalue weighted by Gasteiger charge is -2.20. The predicted molar refractivity (Wildman–Crippen MR) is 93.0 cm³/mol. The third-order valence-corrected chi connectivity index (χ3v) is 4.70. The Morgan fingerprint density at radius 1 is 1.35 bits per heavy atom. The van der Waals surface area contributed by atoms with E-state index >= 15 is 0 Å². The predicted octanol–water partition coefficient (Wildman–Crippen LogP) is 2.94. The molecule has 3 rings (SSSR count). The summed E-state index contributed by atoms with van der Waals surface area (Å²) in [5.41, 5.74) is 3.31. The molecular formula is C17H18N4OS. The van der Waals surface area contributed by atoms with Crippen LogP contribution in [0.15, 0.2) is 28.2 Å². The van der Waals surface area contributed by atoms with Gasteiger partial charge in [0.25, 0.3) is 5.56 Å². The molecule has 0 spiro atoms. The molecule has 0 bridgehead atoms. The number of aromatic nitrogens is 2. The quantitative estimate of drug-likeness (QED) is 0.693. The Bertz CT molecular complexity index is 831. The third kappa shape index (κ3) is 2.97. The number of benzene rings is 1. The molecule has 0 atom stereocenters. The zero-order valence-electron chi connectivity index (χ0n) is 13.2. The molecule has 0 aliphatic carbocycles. The van der Waals surface area contributed by atoms with Crippen LogP contribution < -0.4 is 10.5 Å². The number of aryl methyl sites for hydroxylation is 1. The molecule has 1 fully saturated rings. The van der Waals surface area contributed by atoms with E-state index in [1.54, 1.807) is 0 Å². The molecule has 2 aromatic rings. The van der Waals surface area contributed by atoms with Crippen LogP contribution in [0.2, 0.25) is 0 Å². The average molecular weight is 326 g/mol. The summed E-state index contributed by atoms with van der Waals surface area (Å²) in [5.74, 6) is 0. The van der Waals surface area contributed by atoms with Crippen molar-refractivity contribution >= 4 is 17.4 Å². The molecule has 1 aromatic heterocycles. The molecule has 5 nitrogen and oxygen atoms in total. The van der Waals surface area contributed by atoms with Gasteiger partial charge in [-0.2, -0.15) is 5.26 Å². The van der Waals surface area contributed by atoms with Gasteiger partial charge in [0.15, 0.2) is 5.16 Å². The second-order valence-corrected chi connectivity index (χ2v) is 6.40. The number of rotatable bonds is 3. The van der Waals surface area contributed by atoms with Gasteiger partial charge in [0.2, 0.25) is 0 Å². The maximum absolute atomic E-state index is 12.0. The van der Waals surface area contributed by atoms with Gasteiger partial charge < -0.3 is 9.88 Å². The second-order valence-electron chi connectivity index (χ2n) is 5.61. The Morgan fingerprint density at radius 2 is 2.09 bits per heavy atom. The van der Waals surface area contributed by atoms with Gasteiger partial charge in [0.05, 0.1) is 5.69 Å². The summed E-state index contributed by atoms with van der Waals surface area (Å²) in [4.78, 5) is 21.5. The number of nitrogens with one attached hydrogen (secondary N) is 1. The topological polar surface area (TPSA) is 72.8 Å². The smallest absolute Gasteiger partial charge is 0.270 e. The summed E-state index contributed by atoms with van der Waals surface area (Å²) < 4.78 is 0. The highest BCUT2D eigenvalue weighted by Gasteiger charge is 2.17. The van der Waals surface area contributed by atoms with Crippen LogP contribution in [0.25, 0.3) is 11.3 Å². The summed E-state index contributed by atoms with van der Waals surface area (Å²) in [6.07, 6.45) is 4.30. The number of thioether (sulfide) groups is 1. The van der Waals surface area contributed by atoms with Gasteiger partial charge in [-0.15, -0.1) is 0 Å². The molecule has 1 aliphatic heterocycles. The van der Waals surface area contributed by atoms with Crippen LogP contribution in [0.3, 0.4) is 0 Å². The normalized spacial score (nSPS) is 14.0. The number of anilines is 1. The van der Waals surface area contributed by atoms with Crippen molar-refractivity contribution in [3.63, 3.8) is 0 Å². The molecule has 0 radical (unpaired) electrons. The summed E-state index contributed by atoms with van der Waals surface area (Å²) in [6.45, 7) is 4.23. The first-order chi connectivity index (χ1) is 11.1. The molecular weight excluding hydrogens is 308 g/mol. The lowest BCUT2D eigenvalue weighted by atomic mass is 10.0. The van der Waals surface area contributed by atoms with Gasteiger partial charge in [0, 0.05) is 24.3 Å². The van der Waals surface area contributed by atoms with Crippen molar-refractivity contribution in [2.24, 2.45) is 0 Å². The fourth-order valence-electron chi connectivity index (χ4n) is 2.98. The number of nitriles is 1. The number of hydrogen-bond donors (Lipinski definition) is 1. The number of H-pyrrole nitrogens is 1. The van der Waals surface area contributed by atoms with E-state index in [4.69, 9.17) is 0 Å². The molecule has 1 saturated heterocycles. The molecule has 1 N–H and O–H groups in total. The Hall–Kier alpha value is -2.26. The first kappa shape index (κ1) is 15.6. The zero-order chi connectivity index (χ0) is 16.4. The Kier molecular flexibility index (Phi) is 4.39. The summed E-state index contributed by atoms with van der Waals surface area (Å²) in [6, 6.07) is 8.01. The van der Waals surface area contributed by atoms with Gasteiger partial charge >= 0.3 is 0 Å². The van der Waals surface area contributed by atoms with Gasteiger partial charge in [0.1, 0.15) is 11.6 Å². The molecule has 0 saturated carbocycles. The number of aromatic amines is 1. The largest absolute Gasteiger partial charge is 0.371 e. The molecule has 0 unspecified atom stereocenters. The Labute approximate surface area is 139 Å². The van der Waals surface area contributed by atoms with Crippen molar-refractivity contribution in [3.05, 3.63) is 39.7 Å². The van der Waals surface area contributed by atoms with E-state index in [-0.39, 0.29) is 11.1 Å². The van der Waals surface area contributed by atoms with Crippen molar-refractivity contribution in [2.45, 2.75) is 24.9 Å². The number of hydrogen-bond acceptors (Lipinski definition) is 5. The molecule has 118 valence electrons. The second kappa shape index (κ2) is 6.47. The minimum Gasteiger partial charge on any atom is -0.371 e. The fraction of sp³-hybridized carbons (Fsp3) is 0.353.